The van der Waals surface area contributed by atoms with E-state index in [9.17, 15) is 0 Å². The van der Waals surface area contributed by atoms with Crippen molar-refractivity contribution in [2.24, 2.45) is 10.7 Å². The fraction of sp³-hybridized carbons (Fsp3) is 0.533. The zero-order valence-electron chi connectivity index (χ0n) is 12.6. The topological polar surface area (TPSA) is 68.9 Å². The Morgan fingerprint density at radius 2 is 1.76 bits per heavy atom. The monoisotopic (exact) mass is 407 g/mol. The maximum Gasteiger partial charge on any atom is 0.193 e. The third-order valence-electron chi connectivity index (χ3n) is 2.58. The molecule has 0 aliphatic heterocycles. The molecule has 5 nitrogen and oxygen atoms in total. The van der Waals surface area contributed by atoms with Crippen LogP contribution in [0.3, 0.4) is 0 Å². The number of unbranched alkanes of at least 4 members (excludes halogenated alkanes) is 1. The Balaban J connectivity index is 0.00000400. The van der Waals surface area contributed by atoms with E-state index in [-0.39, 0.29) is 24.0 Å². The van der Waals surface area contributed by atoms with Crippen LogP contribution in [0.5, 0.6) is 0 Å². The average molecular weight is 407 g/mol. The number of benzene rings is 1. The van der Waals surface area contributed by atoms with E-state index < -0.39 is 0 Å². The van der Waals surface area contributed by atoms with Gasteiger partial charge in [-0.1, -0.05) is 31.5 Å². The van der Waals surface area contributed by atoms with E-state index in [4.69, 9.17) is 15.2 Å². The highest BCUT2D eigenvalue weighted by molar-refractivity contribution is 14.0. The second-order valence-corrected chi connectivity index (χ2v) is 4.34. The van der Waals surface area contributed by atoms with Gasteiger partial charge in [0.1, 0.15) is 0 Å². The standard InChI is InChI=1S/C15H25N3O2.HI/c1-2-3-10-19-12-13-20-11-9-17-15(16)18-14-7-5-4-6-8-14;/h4-8H,2-3,9-13H2,1H3,(H3,16,17,18);1H. The molecule has 6 heteroatoms. The van der Waals surface area contributed by atoms with Gasteiger partial charge in [0.25, 0.3) is 0 Å². The number of nitrogens with one attached hydrogen (secondary N) is 1. The van der Waals surface area contributed by atoms with Gasteiger partial charge in [0.15, 0.2) is 5.96 Å². The molecule has 1 aromatic rings. The normalized spacial score (nSPS) is 11.0. The van der Waals surface area contributed by atoms with Gasteiger partial charge >= 0.3 is 0 Å². The van der Waals surface area contributed by atoms with E-state index >= 15 is 0 Å². The number of ether oxygens (including phenoxy) is 2. The minimum Gasteiger partial charge on any atom is -0.379 e. The summed E-state index contributed by atoms with van der Waals surface area (Å²) < 4.78 is 10.8. The zero-order chi connectivity index (χ0) is 14.5. The Morgan fingerprint density at radius 3 is 2.43 bits per heavy atom. The summed E-state index contributed by atoms with van der Waals surface area (Å²) in [4.78, 5) is 4.18. The summed E-state index contributed by atoms with van der Waals surface area (Å²) in [5, 5.41) is 3.01. The van der Waals surface area contributed by atoms with E-state index in [2.05, 4.69) is 17.2 Å². The molecular weight excluding hydrogens is 381 g/mol. The summed E-state index contributed by atoms with van der Waals surface area (Å²) >= 11 is 0. The summed E-state index contributed by atoms with van der Waals surface area (Å²) in [6.45, 7) is 5.29. The van der Waals surface area contributed by atoms with E-state index in [1.807, 2.05) is 30.3 Å². The van der Waals surface area contributed by atoms with Crippen molar-refractivity contribution in [3.63, 3.8) is 0 Å². The van der Waals surface area contributed by atoms with Gasteiger partial charge in [-0.25, -0.2) is 0 Å². The van der Waals surface area contributed by atoms with Crippen molar-refractivity contribution >= 4 is 35.6 Å². The Morgan fingerprint density at radius 1 is 1.10 bits per heavy atom. The Kier molecular flexibility index (Phi) is 13.5. The highest BCUT2D eigenvalue weighted by Gasteiger charge is 1.93. The molecule has 0 saturated carbocycles. The molecule has 0 spiro atoms. The van der Waals surface area contributed by atoms with Crippen molar-refractivity contribution in [3.8, 4) is 0 Å². The molecule has 0 bridgehead atoms. The van der Waals surface area contributed by atoms with Crippen LogP contribution in [-0.2, 0) is 9.47 Å². The van der Waals surface area contributed by atoms with Crippen LogP contribution in [0.2, 0.25) is 0 Å². The molecule has 21 heavy (non-hydrogen) atoms. The number of hydrogen-bond donors (Lipinski definition) is 2. The Labute approximate surface area is 144 Å². The SMILES string of the molecule is CCCCOCCOCCN=C(N)Nc1ccccc1.I. The maximum atomic E-state index is 5.76. The number of nitrogens with two attached hydrogens (primary N) is 1. The molecule has 1 rings (SSSR count). The molecule has 0 radical (unpaired) electrons. The largest absolute Gasteiger partial charge is 0.379 e. The molecule has 0 unspecified atom stereocenters. The summed E-state index contributed by atoms with van der Waals surface area (Å²) in [5.41, 5.74) is 6.69. The van der Waals surface area contributed by atoms with Crippen molar-refractivity contribution in [2.75, 3.05) is 38.3 Å². The number of halogens is 1. The lowest BCUT2D eigenvalue weighted by atomic mass is 10.3. The molecule has 0 saturated heterocycles. The summed E-state index contributed by atoms with van der Waals surface area (Å²) in [6, 6.07) is 9.71. The fourth-order valence-corrected chi connectivity index (χ4v) is 1.51. The van der Waals surface area contributed by atoms with Crippen LogP contribution in [0.4, 0.5) is 5.69 Å². The maximum absolute atomic E-state index is 5.76. The minimum absolute atomic E-state index is 0. The third-order valence-corrected chi connectivity index (χ3v) is 2.58. The number of anilines is 1. The predicted octanol–water partition coefficient (Wildman–Crippen LogP) is 2.86. The summed E-state index contributed by atoms with van der Waals surface area (Å²) in [7, 11) is 0. The van der Waals surface area contributed by atoms with Gasteiger partial charge in [0.05, 0.1) is 26.4 Å². The van der Waals surface area contributed by atoms with Crippen LogP contribution in [0, 0.1) is 0 Å². The number of rotatable bonds is 10. The molecule has 0 atom stereocenters. The minimum atomic E-state index is 0. The van der Waals surface area contributed by atoms with Crippen molar-refractivity contribution in [1.82, 2.24) is 0 Å². The van der Waals surface area contributed by atoms with Crippen LogP contribution < -0.4 is 11.1 Å². The quantitative estimate of drug-likeness (QED) is 0.271. The van der Waals surface area contributed by atoms with E-state index in [1.54, 1.807) is 0 Å². The summed E-state index contributed by atoms with van der Waals surface area (Å²) in [6.07, 6.45) is 2.26. The van der Waals surface area contributed by atoms with Gasteiger partial charge in [-0.15, -0.1) is 24.0 Å². The fourth-order valence-electron chi connectivity index (χ4n) is 1.51. The molecule has 120 valence electrons. The highest BCUT2D eigenvalue weighted by Crippen LogP contribution is 2.03. The lowest BCUT2D eigenvalue weighted by Crippen LogP contribution is -2.23. The second kappa shape index (κ2) is 14.1. The van der Waals surface area contributed by atoms with Gasteiger partial charge in [0.2, 0.25) is 0 Å². The smallest absolute Gasteiger partial charge is 0.193 e. The molecule has 0 aliphatic carbocycles. The number of guanidine groups is 1. The molecule has 0 aliphatic rings. The molecule has 0 heterocycles. The van der Waals surface area contributed by atoms with Gasteiger partial charge in [-0.05, 0) is 18.6 Å². The van der Waals surface area contributed by atoms with Crippen molar-refractivity contribution in [1.29, 1.82) is 0 Å². The molecular formula is C15H26IN3O2. The number of aliphatic imine (C=N–C) groups is 1. The van der Waals surface area contributed by atoms with Crippen LogP contribution in [0.1, 0.15) is 19.8 Å². The van der Waals surface area contributed by atoms with Crippen molar-refractivity contribution < 1.29 is 9.47 Å². The zero-order valence-corrected chi connectivity index (χ0v) is 14.9. The first kappa shape index (κ1) is 20.1. The van der Waals surface area contributed by atoms with E-state index in [0.717, 1.165) is 25.1 Å². The Hall–Kier alpha value is -0.860. The van der Waals surface area contributed by atoms with Crippen LogP contribution in [-0.4, -0.2) is 38.9 Å². The molecule has 1 aromatic carbocycles. The van der Waals surface area contributed by atoms with Crippen LogP contribution in [0.25, 0.3) is 0 Å². The lowest BCUT2D eigenvalue weighted by Gasteiger charge is -2.06. The number of para-hydroxylation sites is 1. The van der Waals surface area contributed by atoms with Gasteiger partial charge in [0, 0.05) is 12.3 Å². The van der Waals surface area contributed by atoms with Crippen molar-refractivity contribution in [3.05, 3.63) is 30.3 Å². The molecule has 0 aromatic heterocycles. The second-order valence-electron chi connectivity index (χ2n) is 4.34. The molecule has 3 N–H and O–H groups in total. The van der Waals surface area contributed by atoms with Crippen LogP contribution in [0.15, 0.2) is 35.3 Å². The number of nitrogens with zero attached hydrogens (tertiary/aromatic N) is 1. The lowest BCUT2D eigenvalue weighted by molar-refractivity contribution is 0.0498. The first-order valence-electron chi connectivity index (χ1n) is 7.10. The number of hydrogen-bond acceptors (Lipinski definition) is 3. The van der Waals surface area contributed by atoms with Gasteiger partial charge < -0.3 is 20.5 Å². The first-order valence-corrected chi connectivity index (χ1v) is 7.10. The average Bonchev–Trinajstić information content (AvgIpc) is 2.46. The summed E-state index contributed by atoms with van der Waals surface area (Å²) in [5.74, 6) is 0.402. The molecule has 0 fully saturated rings. The van der Waals surface area contributed by atoms with Gasteiger partial charge in [-0.2, -0.15) is 0 Å². The molecule has 0 amide bonds. The first-order chi connectivity index (χ1) is 9.83. The van der Waals surface area contributed by atoms with E-state index in [1.165, 1.54) is 0 Å². The van der Waals surface area contributed by atoms with Crippen molar-refractivity contribution in [2.45, 2.75) is 19.8 Å². The van der Waals surface area contributed by atoms with E-state index in [0.29, 0.717) is 32.3 Å². The Bertz CT molecular complexity index is 374. The predicted molar refractivity (Wildman–Crippen MR) is 98.5 cm³/mol. The third kappa shape index (κ3) is 11.5. The highest BCUT2D eigenvalue weighted by atomic mass is 127. The van der Waals surface area contributed by atoms with Gasteiger partial charge in [-0.3, -0.25) is 4.99 Å². The van der Waals surface area contributed by atoms with Crippen LogP contribution >= 0.6 is 24.0 Å².